The van der Waals surface area contributed by atoms with Gasteiger partial charge < -0.3 is 10.1 Å². The third-order valence-electron chi connectivity index (χ3n) is 2.85. The van der Waals surface area contributed by atoms with Gasteiger partial charge in [0, 0.05) is 43.3 Å². The molecule has 0 aromatic heterocycles. The van der Waals surface area contributed by atoms with Gasteiger partial charge in [-0.1, -0.05) is 23.2 Å². The summed E-state index contributed by atoms with van der Waals surface area (Å²) in [5.41, 5.74) is 0. The fraction of sp³-hybridized carbons (Fsp3) is 0.500. The summed E-state index contributed by atoms with van der Waals surface area (Å²) in [4.78, 5) is 2.37. The molecular weight excluding hydrogens is 339 g/mol. The summed E-state index contributed by atoms with van der Waals surface area (Å²) in [5.74, 6) is 0.639. The predicted molar refractivity (Wildman–Crippen MR) is 79.0 cm³/mol. The molecule has 1 aromatic rings. The van der Waals surface area contributed by atoms with Crippen LogP contribution < -0.4 is 10.1 Å². The maximum Gasteiger partial charge on any atom is 0.139 e. The zero-order valence-corrected chi connectivity index (χ0v) is 13.0. The van der Waals surface area contributed by atoms with Gasteiger partial charge in [0.05, 0.1) is 10.0 Å². The fourth-order valence-electron chi connectivity index (χ4n) is 1.83. The molecule has 0 bridgehead atoms. The Bertz CT molecular complexity index is 411. The Hall–Kier alpha value is -0.0000000000000000555. The molecule has 2 rings (SSSR count). The second-order valence-corrected chi connectivity index (χ2v) is 5.81. The number of ether oxygens (including phenoxy) is 1. The highest BCUT2D eigenvalue weighted by Crippen LogP contribution is 2.33. The second kappa shape index (κ2) is 6.96. The van der Waals surface area contributed by atoms with E-state index in [1.54, 1.807) is 12.1 Å². The van der Waals surface area contributed by atoms with E-state index in [9.17, 15) is 0 Å². The molecule has 0 spiro atoms. The number of nitrogens with zero attached hydrogens (tertiary/aromatic N) is 1. The van der Waals surface area contributed by atoms with E-state index in [1.807, 2.05) is 0 Å². The molecular formula is C12H15BrCl2N2O. The van der Waals surface area contributed by atoms with Crippen LogP contribution in [0.15, 0.2) is 16.6 Å². The first-order valence-electron chi connectivity index (χ1n) is 5.87. The number of nitrogens with one attached hydrogen (secondary N) is 1. The first-order valence-corrected chi connectivity index (χ1v) is 7.42. The summed E-state index contributed by atoms with van der Waals surface area (Å²) < 4.78 is 6.46. The second-order valence-electron chi connectivity index (χ2n) is 4.14. The molecule has 0 saturated carbocycles. The van der Waals surface area contributed by atoms with E-state index in [0.717, 1.165) is 37.2 Å². The van der Waals surface area contributed by atoms with Gasteiger partial charge in [-0.25, -0.2) is 0 Å². The lowest BCUT2D eigenvalue weighted by Crippen LogP contribution is -2.44. The largest absolute Gasteiger partial charge is 0.491 e. The van der Waals surface area contributed by atoms with Crippen LogP contribution in [0, 0.1) is 0 Å². The third kappa shape index (κ3) is 4.00. The highest BCUT2D eigenvalue weighted by molar-refractivity contribution is 9.10. The molecule has 0 radical (unpaired) electrons. The highest BCUT2D eigenvalue weighted by atomic mass is 79.9. The molecule has 6 heteroatoms. The number of piperazine rings is 1. The third-order valence-corrected chi connectivity index (χ3v) is 4.34. The maximum absolute atomic E-state index is 6.09. The molecule has 1 aliphatic rings. The van der Waals surface area contributed by atoms with Crippen LogP contribution in [0.3, 0.4) is 0 Å². The van der Waals surface area contributed by atoms with Crippen molar-refractivity contribution in [3.8, 4) is 5.75 Å². The van der Waals surface area contributed by atoms with Crippen molar-refractivity contribution in [1.82, 2.24) is 10.2 Å². The van der Waals surface area contributed by atoms with Crippen LogP contribution >= 0.6 is 39.1 Å². The normalized spacial score (nSPS) is 16.8. The number of rotatable bonds is 4. The lowest BCUT2D eigenvalue weighted by atomic mass is 10.3. The van der Waals surface area contributed by atoms with Gasteiger partial charge >= 0.3 is 0 Å². The summed E-state index contributed by atoms with van der Waals surface area (Å²) in [6.07, 6.45) is 0. The summed E-state index contributed by atoms with van der Waals surface area (Å²) in [6.45, 7) is 5.76. The van der Waals surface area contributed by atoms with E-state index < -0.39 is 0 Å². The van der Waals surface area contributed by atoms with Crippen LogP contribution in [0.25, 0.3) is 0 Å². The van der Waals surface area contributed by atoms with Crippen LogP contribution in [-0.2, 0) is 0 Å². The Morgan fingerprint density at radius 3 is 2.67 bits per heavy atom. The minimum absolute atomic E-state index is 0.576. The first kappa shape index (κ1) is 14.4. The molecule has 1 aliphatic heterocycles. The fourth-order valence-corrected chi connectivity index (χ4v) is 2.68. The van der Waals surface area contributed by atoms with Crippen LogP contribution in [0.5, 0.6) is 5.75 Å². The zero-order valence-electron chi connectivity index (χ0n) is 9.89. The van der Waals surface area contributed by atoms with Crippen LogP contribution in [0.1, 0.15) is 0 Å². The summed E-state index contributed by atoms with van der Waals surface area (Å²) in [7, 11) is 0. The number of hydrogen-bond donors (Lipinski definition) is 1. The monoisotopic (exact) mass is 352 g/mol. The van der Waals surface area contributed by atoms with Crippen molar-refractivity contribution in [2.45, 2.75) is 0 Å². The molecule has 1 fully saturated rings. The maximum atomic E-state index is 6.09. The predicted octanol–water partition coefficient (Wildman–Crippen LogP) is 3.04. The smallest absolute Gasteiger partial charge is 0.139 e. The minimum atomic E-state index is 0.576. The van der Waals surface area contributed by atoms with E-state index in [1.165, 1.54) is 0 Å². The molecule has 1 heterocycles. The Morgan fingerprint density at radius 2 is 1.94 bits per heavy atom. The molecule has 100 valence electrons. The lowest BCUT2D eigenvalue weighted by molar-refractivity contribution is 0.191. The first-order chi connectivity index (χ1) is 8.66. The quantitative estimate of drug-likeness (QED) is 0.842. The van der Waals surface area contributed by atoms with Crippen LogP contribution in [-0.4, -0.2) is 44.2 Å². The summed E-state index contributed by atoms with van der Waals surface area (Å²) in [5, 5.41) is 4.50. The van der Waals surface area contributed by atoms with Gasteiger partial charge in [-0.15, -0.1) is 0 Å². The van der Waals surface area contributed by atoms with Crippen molar-refractivity contribution in [3.05, 3.63) is 26.7 Å². The average molecular weight is 354 g/mol. The van der Waals surface area contributed by atoms with E-state index in [2.05, 4.69) is 26.1 Å². The topological polar surface area (TPSA) is 24.5 Å². The van der Waals surface area contributed by atoms with Gasteiger partial charge in [-0.3, -0.25) is 4.90 Å². The number of hydrogen-bond acceptors (Lipinski definition) is 3. The molecule has 1 aromatic carbocycles. The molecule has 0 amide bonds. The van der Waals surface area contributed by atoms with E-state index in [0.29, 0.717) is 22.4 Å². The number of benzene rings is 1. The van der Waals surface area contributed by atoms with Crippen molar-refractivity contribution in [2.75, 3.05) is 39.3 Å². The van der Waals surface area contributed by atoms with Crippen molar-refractivity contribution in [2.24, 2.45) is 0 Å². The van der Waals surface area contributed by atoms with Gasteiger partial charge in [0.15, 0.2) is 0 Å². The van der Waals surface area contributed by atoms with Crippen molar-refractivity contribution < 1.29 is 4.74 Å². The van der Waals surface area contributed by atoms with E-state index in [4.69, 9.17) is 27.9 Å². The molecule has 0 atom stereocenters. The van der Waals surface area contributed by atoms with Gasteiger partial charge in [0.25, 0.3) is 0 Å². The SMILES string of the molecule is Clc1cc(OCCN2CCNCC2)c(Cl)cc1Br. The molecule has 1 N–H and O–H groups in total. The Labute approximate surface area is 126 Å². The van der Waals surface area contributed by atoms with Gasteiger partial charge in [0.2, 0.25) is 0 Å². The van der Waals surface area contributed by atoms with Crippen LogP contribution in [0.2, 0.25) is 10.0 Å². The average Bonchev–Trinajstić information content (AvgIpc) is 2.37. The van der Waals surface area contributed by atoms with Gasteiger partial charge in [0.1, 0.15) is 12.4 Å². The Morgan fingerprint density at radius 1 is 1.22 bits per heavy atom. The highest BCUT2D eigenvalue weighted by Gasteiger charge is 2.10. The van der Waals surface area contributed by atoms with E-state index in [-0.39, 0.29) is 0 Å². The zero-order chi connectivity index (χ0) is 13.0. The molecule has 0 aliphatic carbocycles. The minimum Gasteiger partial charge on any atom is -0.491 e. The summed E-state index contributed by atoms with van der Waals surface area (Å²) >= 11 is 15.4. The van der Waals surface area contributed by atoms with E-state index >= 15 is 0 Å². The number of halogens is 3. The van der Waals surface area contributed by atoms with Crippen molar-refractivity contribution >= 4 is 39.1 Å². The Balaban J connectivity index is 1.84. The van der Waals surface area contributed by atoms with Crippen molar-refractivity contribution in [3.63, 3.8) is 0 Å². The summed E-state index contributed by atoms with van der Waals surface area (Å²) in [6, 6.07) is 3.50. The van der Waals surface area contributed by atoms with Gasteiger partial charge in [-0.2, -0.15) is 0 Å². The Kier molecular flexibility index (Phi) is 5.57. The van der Waals surface area contributed by atoms with Crippen LogP contribution in [0.4, 0.5) is 0 Å². The van der Waals surface area contributed by atoms with Crippen molar-refractivity contribution in [1.29, 1.82) is 0 Å². The lowest BCUT2D eigenvalue weighted by Gasteiger charge is -2.27. The molecule has 1 saturated heterocycles. The standard InChI is InChI=1S/C12H15BrCl2N2O/c13-9-7-11(15)12(8-10(9)14)18-6-5-17-3-1-16-2-4-17/h7-8,16H,1-6H2. The van der Waals surface area contributed by atoms with Gasteiger partial charge in [-0.05, 0) is 22.0 Å². The molecule has 3 nitrogen and oxygen atoms in total. The molecule has 0 unspecified atom stereocenters. The molecule has 18 heavy (non-hydrogen) atoms.